The summed E-state index contributed by atoms with van der Waals surface area (Å²) in [6.07, 6.45) is 3.61. The number of benzene rings is 1. The van der Waals surface area contributed by atoms with Crippen LogP contribution in [0.2, 0.25) is 0 Å². The van der Waals surface area contributed by atoms with Gasteiger partial charge in [-0.1, -0.05) is 18.2 Å². The second-order valence-electron chi connectivity index (χ2n) is 2.81. The lowest BCUT2D eigenvalue weighted by atomic mass is 10.1. The molecule has 2 nitrogen and oxygen atoms in total. The summed E-state index contributed by atoms with van der Waals surface area (Å²) in [5.41, 5.74) is 2.25. The highest BCUT2D eigenvalue weighted by molar-refractivity contribution is 5.55. The maximum absolute atomic E-state index is 8.61. The minimum atomic E-state index is 0.0749. The largest absolute Gasteiger partial charge is 0.497 e. The summed E-state index contributed by atoms with van der Waals surface area (Å²) in [6, 6.07) is 5.85. The van der Waals surface area contributed by atoms with Gasteiger partial charge in [0, 0.05) is 0 Å². The molecule has 0 aromatic heterocycles. The van der Waals surface area contributed by atoms with E-state index in [1.54, 1.807) is 13.2 Å². The van der Waals surface area contributed by atoms with Gasteiger partial charge in [-0.2, -0.15) is 0 Å². The summed E-state index contributed by atoms with van der Waals surface area (Å²) in [6.45, 7) is 2.09. The van der Waals surface area contributed by atoms with Gasteiger partial charge in [0.25, 0.3) is 0 Å². The fourth-order valence-corrected chi connectivity index (χ4v) is 1.14. The number of ether oxygens (including phenoxy) is 1. The molecule has 0 spiro atoms. The molecule has 0 saturated heterocycles. The van der Waals surface area contributed by atoms with Gasteiger partial charge in [-0.05, 0) is 30.2 Å². The van der Waals surface area contributed by atoms with E-state index in [1.807, 2.05) is 31.2 Å². The van der Waals surface area contributed by atoms with E-state index < -0.39 is 0 Å². The predicted octanol–water partition coefficient (Wildman–Crippen LogP) is 2.01. The number of rotatable bonds is 3. The molecular formula is C11H14O2. The first-order valence-electron chi connectivity index (χ1n) is 4.20. The molecule has 0 aliphatic carbocycles. The molecule has 70 valence electrons. The first kappa shape index (κ1) is 9.81. The Labute approximate surface area is 78.5 Å². The van der Waals surface area contributed by atoms with Crippen LogP contribution >= 0.6 is 0 Å². The molecule has 1 rings (SSSR count). The zero-order valence-electron chi connectivity index (χ0n) is 7.95. The van der Waals surface area contributed by atoms with Gasteiger partial charge >= 0.3 is 0 Å². The van der Waals surface area contributed by atoms with E-state index in [-0.39, 0.29) is 6.61 Å². The average molecular weight is 178 g/mol. The van der Waals surface area contributed by atoms with E-state index in [0.29, 0.717) is 0 Å². The molecule has 0 amide bonds. The number of aliphatic hydroxyl groups is 1. The fraction of sp³-hybridized carbons (Fsp3) is 0.273. The molecule has 1 aromatic carbocycles. The Kier molecular flexibility index (Phi) is 3.53. The summed E-state index contributed by atoms with van der Waals surface area (Å²) in [7, 11) is 1.65. The molecular weight excluding hydrogens is 164 g/mol. The van der Waals surface area contributed by atoms with Crippen molar-refractivity contribution in [1.29, 1.82) is 0 Å². The number of methoxy groups -OCH3 is 1. The third-order valence-corrected chi connectivity index (χ3v) is 1.88. The Hall–Kier alpha value is -1.28. The van der Waals surface area contributed by atoms with E-state index in [2.05, 4.69) is 0 Å². The minimum Gasteiger partial charge on any atom is -0.497 e. The summed E-state index contributed by atoms with van der Waals surface area (Å²) in [4.78, 5) is 0. The summed E-state index contributed by atoms with van der Waals surface area (Å²) in [5, 5.41) is 8.61. The van der Waals surface area contributed by atoms with Crippen LogP contribution < -0.4 is 4.74 Å². The van der Waals surface area contributed by atoms with Crippen molar-refractivity contribution < 1.29 is 9.84 Å². The zero-order chi connectivity index (χ0) is 9.68. The monoisotopic (exact) mass is 178 g/mol. The molecule has 1 aromatic rings. The molecule has 0 saturated carbocycles. The zero-order valence-corrected chi connectivity index (χ0v) is 7.95. The first-order chi connectivity index (χ1) is 6.27. The fourth-order valence-electron chi connectivity index (χ4n) is 1.14. The standard InChI is InChI=1S/C11H14O2/c1-9-8-11(13-2)6-5-10(9)4-3-7-12/h3-6,8,12H,7H2,1-2H3. The number of hydrogen-bond donors (Lipinski definition) is 1. The third kappa shape index (κ3) is 2.60. The molecule has 0 aliphatic rings. The molecule has 0 radical (unpaired) electrons. The van der Waals surface area contributed by atoms with E-state index >= 15 is 0 Å². The molecule has 0 heterocycles. The highest BCUT2D eigenvalue weighted by Gasteiger charge is 1.95. The van der Waals surface area contributed by atoms with Crippen molar-refractivity contribution in [2.75, 3.05) is 13.7 Å². The normalized spacial score (nSPS) is 10.7. The lowest BCUT2D eigenvalue weighted by Crippen LogP contribution is -1.86. The Bertz CT molecular complexity index is 303. The number of aliphatic hydroxyl groups excluding tert-OH is 1. The van der Waals surface area contributed by atoms with Crippen molar-refractivity contribution >= 4 is 6.08 Å². The van der Waals surface area contributed by atoms with Crippen molar-refractivity contribution in [1.82, 2.24) is 0 Å². The first-order valence-corrected chi connectivity index (χ1v) is 4.20. The van der Waals surface area contributed by atoms with E-state index in [4.69, 9.17) is 9.84 Å². The van der Waals surface area contributed by atoms with E-state index in [0.717, 1.165) is 16.9 Å². The van der Waals surface area contributed by atoms with Crippen LogP contribution in [0.1, 0.15) is 11.1 Å². The van der Waals surface area contributed by atoms with Gasteiger partial charge in [-0.15, -0.1) is 0 Å². The van der Waals surface area contributed by atoms with E-state index in [9.17, 15) is 0 Å². The van der Waals surface area contributed by atoms with Gasteiger partial charge in [0.05, 0.1) is 13.7 Å². The highest BCUT2D eigenvalue weighted by Crippen LogP contribution is 2.17. The lowest BCUT2D eigenvalue weighted by Gasteiger charge is -2.03. The van der Waals surface area contributed by atoms with Gasteiger partial charge in [0.2, 0.25) is 0 Å². The molecule has 0 fully saturated rings. The van der Waals surface area contributed by atoms with Crippen LogP contribution in [0, 0.1) is 6.92 Å². The Morgan fingerprint density at radius 2 is 2.23 bits per heavy atom. The van der Waals surface area contributed by atoms with Gasteiger partial charge < -0.3 is 9.84 Å². The lowest BCUT2D eigenvalue weighted by molar-refractivity contribution is 0.343. The van der Waals surface area contributed by atoms with Crippen molar-refractivity contribution in [3.05, 3.63) is 35.4 Å². The molecule has 13 heavy (non-hydrogen) atoms. The van der Waals surface area contributed by atoms with Crippen LogP contribution in [-0.2, 0) is 0 Å². The Morgan fingerprint density at radius 1 is 1.46 bits per heavy atom. The van der Waals surface area contributed by atoms with Crippen molar-refractivity contribution in [3.63, 3.8) is 0 Å². The minimum absolute atomic E-state index is 0.0749. The van der Waals surface area contributed by atoms with Gasteiger partial charge in [-0.25, -0.2) is 0 Å². The summed E-state index contributed by atoms with van der Waals surface area (Å²) >= 11 is 0. The average Bonchev–Trinajstić information content (AvgIpc) is 2.16. The van der Waals surface area contributed by atoms with Crippen molar-refractivity contribution in [3.8, 4) is 5.75 Å². The molecule has 1 N–H and O–H groups in total. The topological polar surface area (TPSA) is 29.5 Å². The second kappa shape index (κ2) is 4.67. The third-order valence-electron chi connectivity index (χ3n) is 1.88. The van der Waals surface area contributed by atoms with Gasteiger partial charge in [0.15, 0.2) is 0 Å². The smallest absolute Gasteiger partial charge is 0.119 e. The van der Waals surface area contributed by atoms with Gasteiger partial charge in [0.1, 0.15) is 5.75 Å². The highest BCUT2D eigenvalue weighted by atomic mass is 16.5. The van der Waals surface area contributed by atoms with Crippen LogP contribution in [0.25, 0.3) is 6.08 Å². The quantitative estimate of drug-likeness (QED) is 0.767. The number of hydrogen-bond acceptors (Lipinski definition) is 2. The van der Waals surface area contributed by atoms with E-state index in [1.165, 1.54) is 0 Å². The predicted molar refractivity (Wildman–Crippen MR) is 53.9 cm³/mol. The number of aryl methyl sites for hydroxylation is 1. The van der Waals surface area contributed by atoms with Crippen molar-refractivity contribution in [2.45, 2.75) is 6.92 Å². The molecule has 0 aliphatic heterocycles. The van der Waals surface area contributed by atoms with Crippen LogP contribution in [0.3, 0.4) is 0 Å². The van der Waals surface area contributed by atoms with Crippen LogP contribution in [0.15, 0.2) is 24.3 Å². The maximum Gasteiger partial charge on any atom is 0.119 e. The molecule has 0 atom stereocenters. The van der Waals surface area contributed by atoms with Crippen LogP contribution in [0.5, 0.6) is 5.75 Å². The van der Waals surface area contributed by atoms with Gasteiger partial charge in [-0.3, -0.25) is 0 Å². The van der Waals surface area contributed by atoms with Crippen molar-refractivity contribution in [2.24, 2.45) is 0 Å². The Balaban J connectivity index is 2.91. The molecule has 2 heteroatoms. The second-order valence-corrected chi connectivity index (χ2v) is 2.81. The van der Waals surface area contributed by atoms with Crippen LogP contribution in [0.4, 0.5) is 0 Å². The molecule has 0 unspecified atom stereocenters. The maximum atomic E-state index is 8.61. The molecule has 0 bridgehead atoms. The summed E-state index contributed by atoms with van der Waals surface area (Å²) in [5.74, 6) is 0.860. The SMILES string of the molecule is COc1ccc(C=CCO)c(C)c1. The summed E-state index contributed by atoms with van der Waals surface area (Å²) < 4.78 is 5.08. The Morgan fingerprint density at radius 3 is 2.77 bits per heavy atom. The van der Waals surface area contributed by atoms with Crippen LogP contribution in [-0.4, -0.2) is 18.8 Å².